The monoisotopic (exact) mass is 296 g/mol. The van der Waals surface area contributed by atoms with Crippen LogP contribution in [-0.4, -0.2) is 23.3 Å². The second-order valence-electron chi connectivity index (χ2n) is 5.96. The number of hydrogen-bond donors (Lipinski definition) is 0. The standard InChI is InChI=1S/C15H20O2S2/c1-15(2,3)10-17-14(18)19-9-11-8-16-13-7-5-4-6-12(11)13/h4-7,11H,8-10H2,1-3H3. The molecule has 1 atom stereocenters. The summed E-state index contributed by atoms with van der Waals surface area (Å²) in [5.74, 6) is 2.34. The SMILES string of the molecule is CC(C)(C)COC(=S)SCC1COc2ccccc21. The van der Waals surface area contributed by atoms with Gasteiger partial charge in [-0.25, -0.2) is 0 Å². The van der Waals surface area contributed by atoms with Gasteiger partial charge in [0.2, 0.25) is 4.38 Å². The first-order chi connectivity index (χ1) is 8.96. The highest BCUT2D eigenvalue weighted by Gasteiger charge is 2.24. The van der Waals surface area contributed by atoms with Gasteiger partial charge in [0, 0.05) is 17.2 Å². The van der Waals surface area contributed by atoms with Crippen molar-refractivity contribution < 1.29 is 9.47 Å². The van der Waals surface area contributed by atoms with Gasteiger partial charge in [-0.3, -0.25) is 0 Å². The number of thiocarbonyl (C=S) groups is 1. The zero-order chi connectivity index (χ0) is 13.9. The van der Waals surface area contributed by atoms with Crippen molar-refractivity contribution in [1.29, 1.82) is 0 Å². The molecule has 0 spiro atoms. The molecule has 0 aromatic heterocycles. The molecule has 4 heteroatoms. The Morgan fingerprint density at radius 3 is 2.89 bits per heavy atom. The fraction of sp³-hybridized carbons (Fsp3) is 0.533. The maximum absolute atomic E-state index is 5.66. The van der Waals surface area contributed by atoms with Gasteiger partial charge in [-0.05, 0) is 23.7 Å². The van der Waals surface area contributed by atoms with Gasteiger partial charge in [-0.1, -0.05) is 50.7 Å². The molecule has 2 rings (SSSR count). The normalized spacial score (nSPS) is 17.7. The van der Waals surface area contributed by atoms with Crippen molar-refractivity contribution in [2.75, 3.05) is 19.0 Å². The predicted octanol–water partition coefficient (Wildman–Crippen LogP) is 4.24. The van der Waals surface area contributed by atoms with Crippen molar-refractivity contribution in [3.8, 4) is 5.75 Å². The van der Waals surface area contributed by atoms with Crippen LogP contribution in [0.15, 0.2) is 24.3 Å². The maximum Gasteiger partial charge on any atom is 0.220 e. The second-order valence-corrected chi connectivity index (χ2v) is 7.58. The van der Waals surface area contributed by atoms with E-state index >= 15 is 0 Å². The molecule has 0 aliphatic carbocycles. The summed E-state index contributed by atoms with van der Waals surface area (Å²) in [7, 11) is 0. The summed E-state index contributed by atoms with van der Waals surface area (Å²) in [6.45, 7) is 7.83. The summed E-state index contributed by atoms with van der Waals surface area (Å²) < 4.78 is 11.9. The highest BCUT2D eigenvalue weighted by molar-refractivity contribution is 8.22. The lowest BCUT2D eigenvalue weighted by atomic mass is 9.99. The van der Waals surface area contributed by atoms with Crippen molar-refractivity contribution >= 4 is 28.4 Å². The first kappa shape index (κ1) is 14.7. The van der Waals surface area contributed by atoms with Gasteiger partial charge in [-0.2, -0.15) is 0 Å². The van der Waals surface area contributed by atoms with Gasteiger partial charge in [0.25, 0.3) is 0 Å². The minimum absolute atomic E-state index is 0.147. The van der Waals surface area contributed by atoms with Crippen LogP contribution in [0.4, 0.5) is 0 Å². The molecule has 104 valence electrons. The molecule has 1 aliphatic rings. The highest BCUT2D eigenvalue weighted by Crippen LogP contribution is 2.35. The summed E-state index contributed by atoms with van der Waals surface area (Å²) in [5, 5.41) is 0. The number of fused-ring (bicyclic) bond motifs is 1. The third-order valence-corrected chi connectivity index (χ3v) is 4.22. The van der Waals surface area contributed by atoms with Crippen LogP contribution >= 0.6 is 24.0 Å². The van der Waals surface area contributed by atoms with Crippen molar-refractivity contribution in [3.05, 3.63) is 29.8 Å². The number of rotatable bonds is 3. The van der Waals surface area contributed by atoms with E-state index in [1.807, 2.05) is 12.1 Å². The Balaban J connectivity index is 1.79. The average Bonchev–Trinajstić information content (AvgIpc) is 2.76. The molecule has 0 radical (unpaired) electrons. The zero-order valence-electron chi connectivity index (χ0n) is 11.6. The first-order valence-electron chi connectivity index (χ1n) is 6.47. The van der Waals surface area contributed by atoms with Crippen molar-refractivity contribution in [3.63, 3.8) is 0 Å². The van der Waals surface area contributed by atoms with Gasteiger partial charge in [-0.15, -0.1) is 0 Å². The third-order valence-electron chi connectivity index (χ3n) is 2.82. The summed E-state index contributed by atoms with van der Waals surface area (Å²) in [6, 6.07) is 8.21. The van der Waals surface area contributed by atoms with E-state index in [2.05, 4.69) is 32.9 Å². The Morgan fingerprint density at radius 2 is 2.16 bits per heavy atom. The minimum Gasteiger partial charge on any atom is -0.493 e. The number of ether oxygens (including phenoxy) is 2. The van der Waals surface area contributed by atoms with Gasteiger partial charge in [0.05, 0.1) is 13.2 Å². The molecule has 0 bridgehead atoms. The topological polar surface area (TPSA) is 18.5 Å². The van der Waals surface area contributed by atoms with Gasteiger partial charge in [0.15, 0.2) is 0 Å². The van der Waals surface area contributed by atoms with Crippen LogP contribution in [0.1, 0.15) is 32.3 Å². The van der Waals surface area contributed by atoms with Crippen molar-refractivity contribution in [2.45, 2.75) is 26.7 Å². The van der Waals surface area contributed by atoms with Crippen LogP contribution in [0.3, 0.4) is 0 Å². The second kappa shape index (κ2) is 6.14. The van der Waals surface area contributed by atoms with Crippen LogP contribution in [0, 0.1) is 5.41 Å². The summed E-state index contributed by atoms with van der Waals surface area (Å²) in [6.07, 6.45) is 0. The molecule has 0 fully saturated rings. The van der Waals surface area contributed by atoms with E-state index in [0.29, 0.717) is 16.9 Å². The van der Waals surface area contributed by atoms with Crippen LogP contribution in [0.25, 0.3) is 0 Å². The minimum atomic E-state index is 0.147. The number of hydrogen-bond acceptors (Lipinski definition) is 4. The van der Waals surface area contributed by atoms with Crippen molar-refractivity contribution in [2.24, 2.45) is 5.41 Å². The molecule has 0 N–H and O–H groups in total. The maximum atomic E-state index is 5.66. The number of para-hydroxylation sites is 1. The fourth-order valence-corrected chi connectivity index (χ4v) is 2.87. The quantitative estimate of drug-likeness (QED) is 0.776. The van der Waals surface area contributed by atoms with E-state index < -0.39 is 0 Å². The Labute approximate surface area is 124 Å². The van der Waals surface area contributed by atoms with E-state index in [9.17, 15) is 0 Å². The molecular formula is C15H20O2S2. The molecule has 1 heterocycles. The molecule has 1 aromatic carbocycles. The van der Waals surface area contributed by atoms with Crippen molar-refractivity contribution in [1.82, 2.24) is 0 Å². The predicted molar refractivity (Wildman–Crippen MR) is 85.1 cm³/mol. The first-order valence-corrected chi connectivity index (χ1v) is 7.86. The highest BCUT2D eigenvalue weighted by atomic mass is 32.2. The molecule has 0 saturated carbocycles. The van der Waals surface area contributed by atoms with Gasteiger partial charge < -0.3 is 9.47 Å². The van der Waals surface area contributed by atoms with Gasteiger partial charge >= 0.3 is 0 Å². The molecule has 19 heavy (non-hydrogen) atoms. The summed E-state index contributed by atoms with van der Waals surface area (Å²) >= 11 is 6.86. The summed E-state index contributed by atoms with van der Waals surface area (Å²) in [5.41, 5.74) is 1.43. The van der Waals surface area contributed by atoms with Gasteiger partial charge in [0.1, 0.15) is 5.75 Å². The molecule has 0 saturated heterocycles. The zero-order valence-corrected chi connectivity index (χ0v) is 13.3. The number of thioether (sulfide) groups is 1. The van der Waals surface area contributed by atoms with E-state index in [1.165, 1.54) is 5.56 Å². The lowest BCUT2D eigenvalue weighted by Crippen LogP contribution is -2.16. The Kier molecular flexibility index (Phi) is 4.74. The molecular weight excluding hydrogens is 276 g/mol. The van der Waals surface area contributed by atoms with Crippen LogP contribution < -0.4 is 4.74 Å². The van der Waals surface area contributed by atoms with Crippen LogP contribution in [0.5, 0.6) is 5.75 Å². The Morgan fingerprint density at radius 1 is 1.42 bits per heavy atom. The molecule has 1 aromatic rings. The van der Waals surface area contributed by atoms with Crippen LogP contribution in [0.2, 0.25) is 0 Å². The van der Waals surface area contributed by atoms with Crippen LogP contribution in [-0.2, 0) is 4.74 Å². The lowest BCUT2D eigenvalue weighted by molar-refractivity contribution is 0.197. The number of benzene rings is 1. The van der Waals surface area contributed by atoms with E-state index in [1.54, 1.807) is 11.8 Å². The molecule has 1 unspecified atom stereocenters. The van der Waals surface area contributed by atoms with E-state index in [0.717, 1.165) is 18.1 Å². The Bertz CT molecular complexity index is 452. The average molecular weight is 296 g/mol. The van der Waals surface area contributed by atoms with E-state index in [-0.39, 0.29) is 5.41 Å². The summed E-state index contributed by atoms with van der Waals surface area (Å²) in [4.78, 5) is 0. The molecule has 0 amide bonds. The molecule has 1 aliphatic heterocycles. The Hall–Kier alpha value is -0.740. The fourth-order valence-electron chi connectivity index (χ4n) is 1.85. The third kappa shape index (κ3) is 4.39. The molecule has 2 nitrogen and oxygen atoms in total. The smallest absolute Gasteiger partial charge is 0.220 e. The lowest BCUT2D eigenvalue weighted by Gasteiger charge is -2.19. The largest absolute Gasteiger partial charge is 0.493 e. The van der Waals surface area contributed by atoms with E-state index in [4.69, 9.17) is 21.7 Å².